The van der Waals surface area contributed by atoms with Gasteiger partial charge in [0, 0.05) is 25.4 Å². The number of aliphatic hydroxyl groups excluding tert-OH is 1. The summed E-state index contributed by atoms with van der Waals surface area (Å²) in [4.78, 5) is 24.1. The zero-order chi connectivity index (χ0) is 22.2. The van der Waals surface area contributed by atoms with Crippen LogP contribution >= 0.6 is 0 Å². The molecule has 168 valence electrons. The lowest BCUT2D eigenvalue weighted by Gasteiger charge is -2.41. The first-order valence-electron chi connectivity index (χ1n) is 10.1. The molecule has 0 aromatic carbocycles. The molecule has 11 heteroatoms. The van der Waals surface area contributed by atoms with Crippen LogP contribution in [-0.2, 0) is 11.3 Å². The molecule has 3 atom stereocenters. The van der Waals surface area contributed by atoms with Crippen LogP contribution in [0.5, 0.6) is 0 Å². The maximum atomic E-state index is 13.9. The predicted molar refractivity (Wildman–Crippen MR) is 107 cm³/mol. The quantitative estimate of drug-likeness (QED) is 0.777. The van der Waals surface area contributed by atoms with Crippen molar-refractivity contribution in [1.29, 1.82) is 0 Å². The smallest absolute Gasteiger partial charge is 0.385 e. The van der Waals surface area contributed by atoms with Crippen LogP contribution in [-0.4, -0.2) is 64.2 Å². The van der Waals surface area contributed by atoms with Gasteiger partial charge in [-0.15, -0.1) is 0 Å². The number of anilines is 2. The largest absolute Gasteiger partial charge is 0.408 e. The summed E-state index contributed by atoms with van der Waals surface area (Å²) in [6.45, 7) is 2.77. The third-order valence-corrected chi connectivity index (χ3v) is 5.67. The lowest BCUT2D eigenvalue weighted by Crippen LogP contribution is -2.54. The lowest BCUT2D eigenvalue weighted by atomic mass is 10.1. The summed E-state index contributed by atoms with van der Waals surface area (Å²) in [6.07, 6.45) is -4.67. The van der Waals surface area contributed by atoms with Gasteiger partial charge in [0.25, 0.3) is 5.56 Å². The predicted octanol–water partition coefficient (Wildman–Crippen LogP) is 1.74. The van der Waals surface area contributed by atoms with Gasteiger partial charge in [-0.1, -0.05) is 6.07 Å². The Bertz CT molecular complexity index is 969. The number of aliphatic hydroxyl groups is 1. The fourth-order valence-corrected chi connectivity index (χ4v) is 4.07. The second-order valence-electron chi connectivity index (χ2n) is 7.79. The molecule has 4 rings (SSSR count). The van der Waals surface area contributed by atoms with E-state index >= 15 is 0 Å². The second-order valence-corrected chi connectivity index (χ2v) is 7.79. The van der Waals surface area contributed by atoms with Gasteiger partial charge >= 0.3 is 6.18 Å². The van der Waals surface area contributed by atoms with E-state index in [0.29, 0.717) is 25.6 Å². The van der Waals surface area contributed by atoms with E-state index in [9.17, 15) is 23.1 Å². The van der Waals surface area contributed by atoms with Crippen molar-refractivity contribution in [2.45, 2.75) is 44.3 Å². The number of hydrogen-bond donors (Lipinski definition) is 1. The molecule has 0 radical (unpaired) electrons. The van der Waals surface area contributed by atoms with Crippen LogP contribution in [0.25, 0.3) is 0 Å². The number of hydrogen-bond acceptors (Lipinski definition) is 7. The molecule has 1 fully saturated rings. The van der Waals surface area contributed by atoms with Gasteiger partial charge in [0.05, 0.1) is 31.5 Å². The van der Waals surface area contributed by atoms with Crippen molar-refractivity contribution in [3.05, 3.63) is 46.5 Å². The first-order valence-corrected chi connectivity index (χ1v) is 10.1. The molecule has 2 aliphatic rings. The standard InChI is InChI=1S/C20H24F3N5O3/c1-13-12-31-9-8-26(13)17-10-18(30)27-7-5-16(20(21,22)23)28(19(27)25-17)11-15(29)14-4-2-3-6-24-14/h2-4,6,10,13,15-16,29H,5,7-9,11-12H2,1H3. The Morgan fingerprint density at radius 2 is 2.13 bits per heavy atom. The van der Waals surface area contributed by atoms with Crippen molar-refractivity contribution in [2.75, 3.05) is 36.1 Å². The van der Waals surface area contributed by atoms with E-state index in [0.717, 1.165) is 4.90 Å². The highest BCUT2D eigenvalue weighted by Gasteiger charge is 2.47. The van der Waals surface area contributed by atoms with Crippen molar-refractivity contribution < 1.29 is 23.0 Å². The number of alkyl halides is 3. The molecule has 0 saturated carbocycles. The molecule has 2 aromatic rings. The molecular weight excluding hydrogens is 415 g/mol. The van der Waals surface area contributed by atoms with E-state index in [2.05, 4.69) is 9.97 Å². The number of halogens is 3. The van der Waals surface area contributed by atoms with Crippen LogP contribution in [0.4, 0.5) is 24.9 Å². The van der Waals surface area contributed by atoms with Gasteiger partial charge in [0.1, 0.15) is 18.0 Å². The van der Waals surface area contributed by atoms with Crippen LogP contribution < -0.4 is 15.4 Å². The molecular formula is C20H24F3N5O3. The number of aromatic nitrogens is 3. The SMILES string of the molecule is CC1COCCN1c1cc(=O)n2c(n1)N(CC(O)c1ccccn1)C(C(F)(F)F)CC2. The molecule has 2 aromatic heterocycles. The summed E-state index contributed by atoms with van der Waals surface area (Å²) >= 11 is 0. The van der Waals surface area contributed by atoms with Gasteiger partial charge in [-0.05, 0) is 25.5 Å². The molecule has 2 aliphatic heterocycles. The highest BCUT2D eigenvalue weighted by molar-refractivity contribution is 5.47. The van der Waals surface area contributed by atoms with Gasteiger partial charge in [0.15, 0.2) is 0 Å². The Kier molecular flexibility index (Phi) is 5.89. The minimum atomic E-state index is -4.55. The topological polar surface area (TPSA) is 83.7 Å². The van der Waals surface area contributed by atoms with Crippen molar-refractivity contribution >= 4 is 11.8 Å². The summed E-state index contributed by atoms with van der Waals surface area (Å²) in [5, 5.41) is 10.6. The van der Waals surface area contributed by atoms with Crippen LogP contribution in [0.3, 0.4) is 0 Å². The molecule has 1 N–H and O–H groups in total. The number of ether oxygens (including phenoxy) is 1. The van der Waals surface area contributed by atoms with Gasteiger partial charge in [-0.2, -0.15) is 18.2 Å². The van der Waals surface area contributed by atoms with Gasteiger partial charge < -0.3 is 19.6 Å². The number of pyridine rings is 1. The highest BCUT2D eigenvalue weighted by Crippen LogP contribution is 2.35. The molecule has 0 bridgehead atoms. The Balaban J connectivity index is 1.75. The van der Waals surface area contributed by atoms with Gasteiger partial charge in [-0.3, -0.25) is 14.3 Å². The first kappa shape index (κ1) is 21.6. The Morgan fingerprint density at radius 1 is 1.32 bits per heavy atom. The fraction of sp³-hybridized carbons (Fsp3) is 0.550. The average molecular weight is 439 g/mol. The van der Waals surface area contributed by atoms with E-state index in [1.165, 1.54) is 16.8 Å². The van der Waals surface area contributed by atoms with E-state index in [1.807, 2.05) is 11.8 Å². The van der Waals surface area contributed by atoms with Gasteiger partial charge in [-0.25, -0.2) is 0 Å². The Morgan fingerprint density at radius 3 is 2.81 bits per heavy atom. The van der Waals surface area contributed by atoms with Crippen LogP contribution in [0.2, 0.25) is 0 Å². The zero-order valence-corrected chi connectivity index (χ0v) is 17.0. The number of morpholine rings is 1. The number of nitrogens with zero attached hydrogens (tertiary/aromatic N) is 5. The van der Waals surface area contributed by atoms with Crippen molar-refractivity contribution in [3.63, 3.8) is 0 Å². The second kappa shape index (κ2) is 8.46. The minimum absolute atomic E-state index is 0.0711. The molecule has 1 saturated heterocycles. The minimum Gasteiger partial charge on any atom is -0.385 e. The highest BCUT2D eigenvalue weighted by atomic mass is 19.4. The number of fused-ring (bicyclic) bond motifs is 1. The van der Waals surface area contributed by atoms with E-state index in [1.54, 1.807) is 18.2 Å². The van der Waals surface area contributed by atoms with Crippen molar-refractivity contribution in [3.8, 4) is 0 Å². The van der Waals surface area contributed by atoms with Crippen LogP contribution in [0.15, 0.2) is 35.3 Å². The van der Waals surface area contributed by atoms with Gasteiger partial charge in [0.2, 0.25) is 5.95 Å². The summed E-state index contributed by atoms with van der Waals surface area (Å²) in [7, 11) is 0. The first-order chi connectivity index (χ1) is 14.8. The molecule has 0 amide bonds. The summed E-state index contributed by atoms with van der Waals surface area (Å²) < 4.78 is 48.3. The zero-order valence-electron chi connectivity index (χ0n) is 17.0. The van der Waals surface area contributed by atoms with E-state index in [-0.39, 0.29) is 30.6 Å². The third kappa shape index (κ3) is 4.38. The Hall–Kier alpha value is -2.66. The van der Waals surface area contributed by atoms with E-state index in [4.69, 9.17) is 4.74 Å². The molecule has 0 spiro atoms. The Labute approximate surface area is 176 Å². The number of β-amino-alcohol motifs (C(OH)–C–C–N with tert-alkyl or cyclic N) is 1. The fourth-order valence-electron chi connectivity index (χ4n) is 4.07. The van der Waals surface area contributed by atoms with Crippen molar-refractivity contribution in [2.24, 2.45) is 0 Å². The summed E-state index contributed by atoms with van der Waals surface area (Å²) in [5.74, 6) is 0.219. The van der Waals surface area contributed by atoms with E-state index < -0.39 is 30.4 Å². The summed E-state index contributed by atoms with van der Waals surface area (Å²) in [6, 6.07) is 4.27. The average Bonchev–Trinajstić information content (AvgIpc) is 2.74. The normalized spacial score (nSPS) is 22.9. The lowest BCUT2D eigenvalue weighted by molar-refractivity contribution is -0.153. The van der Waals surface area contributed by atoms with Crippen molar-refractivity contribution in [1.82, 2.24) is 14.5 Å². The van der Waals surface area contributed by atoms with Crippen LogP contribution in [0.1, 0.15) is 25.1 Å². The molecule has 8 nitrogen and oxygen atoms in total. The van der Waals surface area contributed by atoms with Crippen LogP contribution in [0, 0.1) is 0 Å². The molecule has 3 unspecified atom stereocenters. The molecule has 31 heavy (non-hydrogen) atoms. The molecule has 0 aliphatic carbocycles. The maximum Gasteiger partial charge on any atom is 0.408 e. The maximum absolute atomic E-state index is 13.9. The monoisotopic (exact) mass is 439 g/mol. The molecule has 4 heterocycles. The number of rotatable bonds is 4. The summed E-state index contributed by atoms with van der Waals surface area (Å²) in [5.41, 5.74) is -0.169. The third-order valence-electron chi connectivity index (χ3n) is 5.67.